The van der Waals surface area contributed by atoms with E-state index in [0.29, 0.717) is 0 Å². The van der Waals surface area contributed by atoms with Crippen LogP contribution in [0.25, 0.3) is 16.9 Å². The fourth-order valence-corrected chi connectivity index (χ4v) is 3.31. The van der Waals surface area contributed by atoms with Crippen LogP contribution >= 0.6 is 0 Å². The van der Waals surface area contributed by atoms with Gasteiger partial charge >= 0.3 is 0 Å². The summed E-state index contributed by atoms with van der Waals surface area (Å²) in [6.07, 6.45) is 3.67. The van der Waals surface area contributed by atoms with Gasteiger partial charge in [0.15, 0.2) is 0 Å². The Kier molecular flexibility index (Phi) is 3.85. The van der Waals surface area contributed by atoms with E-state index >= 15 is 0 Å². The first-order chi connectivity index (χ1) is 11.3. The molecule has 4 nitrogen and oxygen atoms in total. The number of piperidine rings is 1. The maximum Gasteiger partial charge on any atom is 0.137 e. The highest BCUT2D eigenvalue weighted by Crippen LogP contribution is 2.26. The molecule has 1 N–H and O–H groups in total. The monoisotopic (exact) mass is 307 g/mol. The molecule has 4 rings (SSSR count). The highest BCUT2D eigenvalue weighted by Gasteiger charge is 2.21. The first-order valence-corrected chi connectivity index (χ1v) is 8.23. The van der Waals surface area contributed by atoms with Crippen LogP contribution in [0.2, 0.25) is 0 Å². The summed E-state index contributed by atoms with van der Waals surface area (Å²) in [4.78, 5) is 7.26. The molecule has 1 aliphatic heterocycles. The number of aliphatic hydroxyl groups excluding tert-OH is 1. The van der Waals surface area contributed by atoms with Crippen molar-refractivity contribution in [2.75, 3.05) is 13.1 Å². The smallest absolute Gasteiger partial charge is 0.137 e. The van der Waals surface area contributed by atoms with Crippen molar-refractivity contribution in [3.05, 3.63) is 60.4 Å². The van der Waals surface area contributed by atoms with Gasteiger partial charge in [0.25, 0.3) is 0 Å². The number of aliphatic hydroxyl groups is 1. The summed E-state index contributed by atoms with van der Waals surface area (Å²) in [5.74, 6) is 0. The van der Waals surface area contributed by atoms with Crippen molar-refractivity contribution in [3.63, 3.8) is 0 Å². The lowest BCUT2D eigenvalue weighted by Crippen LogP contribution is -2.35. The van der Waals surface area contributed by atoms with Crippen molar-refractivity contribution < 1.29 is 5.11 Å². The van der Waals surface area contributed by atoms with Gasteiger partial charge in [-0.25, -0.2) is 4.98 Å². The Morgan fingerprint density at radius 2 is 1.74 bits per heavy atom. The second-order valence-electron chi connectivity index (χ2n) is 6.21. The van der Waals surface area contributed by atoms with Crippen LogP contribution in [0.5, 0.6) is 0 Å². The van der Waals surface area contributed by atoms with E-state index < -0.39 is 0 Å². The van der Waals surface area contributed by atoms with Crippen LogP contribution in [-0.2, 0) is 6.54 Å². The van der Waals surface area contributed by atoms with E-state index in [1.807, 2.05) is 18.2 Å². The Bertz CT molecular complexity index is 789. The number of likely N-dealkylation sites (tertiary alicyclic amines) is 1. The summed E-state index contributed by atoms with van der Waals surface area (Å²) in [6, 6.07) is 16.5. The molecule has 2 aromatic heterocycles. The van der Waals surface area contributed by atoms with E-state index in [0.717, 1.165) is 49.4 Å². The van der Waals surface area contributed by atoms with E-state index in [-0.39, 0.29) is 6.10 Å². The summed E-state index contributed by atoms with van der Waals surface area (Å²) < 4.78 is 2.19. The van der Waals surface area contributed by atoms with E-state index in [9.17, 15) is 5.11 Å². The molecule has 0 unspecified atom stereocenters. The standard InChI is InChI=1S/C19H21N3O/c23-16-9-12-21(13-10-16)14-17-19(15-6-2-1-3-7-15)20-18-8-4-5-11-22(17)18/h1-8,11,16,23H,9-10,12-14H2. The average molecular weight is 307 g/mol. The van der Waals surface area contributed by atoms with Crippen LogP contribution in [0.3, 0.4) is 0 Å². The Morgan fingerprint density at radius 3 is 2.52 bits per heavy atom. The number of benzene rings is 1. The second-order valence-corrected chi connectivity index (χ2v) is 6.21. The summed E-state index contributed by atoms with van der Waals surface area (Å²) in [5.41, 5.74) is 4.42. The van der Waals surface area contributed by atoms with Crippen molar-refractivity contribution in [3.8, 4) is 11.3 Å². The largest absolute Gasteiger partial charge is 0.393 e. The molecule has 23 heavy (non-hydrogen) atoms. The third-order valence-corrected chi connectivity index (χ3v) is 4.61. The summed E-state index contributed by atoms with van der Waals surface area (Å²) in [7, 11) is 0. The molecule has 0 spiro atoms. The van der Waals surface area contributed by atoms with Crippen molar-refractivity contribution in [1.29, 1.82) is 0 Å². The number of hydrogen-bond donors (Lipinski definition) is 1. The molecule has 0 bridgehead atoms. The third-order valence-electron chi connectivity index (χ3n) is 4.61. The molecule has 3 heterocycles. The molecule has 0 atom stereocenters. The Balaban J connectivity index is 1.74. The molecular formula is C19H21N3O. The van der Waals surface area contributed by atoms with Gasteiger partial charge in [0.05, 0.1) is 17.5 Å². The first-order valence-electron chi connectivity index (χ1n) is 8.23. The minimum absolute atomic E-state index is 0.137. The number of aromatic nitrogens is 2. The maximum atomic E-state index is 9.71. The number of nitrogens with zero attached hydrogens (tertiary/aromatic N) is 3. The molecule has 0 saturated carbocycles. The first kappa shape index (κ1) is 14.4. The SMILES string of the molecule is OC1CCN(Cc2c(-c3ccccc3)nc3ccccn23)CC1. The number of hydrogen-bond acceptors (Lipinski definition) is 3. The maximum absolute atomic E-state index is 9.71. The summed E-state index contributed by atoms with van der Waals surface area (Å²) >= 11 is 0. The van der Waals surface area contributed by atoms with Gasteiger partial charge in [-0.1, -0.05) is 36.4 Å². The molecule has 0 aliphatic carbocycles. The summed E-state index contributed by atoms with van der Waals surface area (Å²) in [5, 5.41) is 9.71. The summed E-state index contributed by atoms with van der Waals surface area (Å²) in [6.45, 7) is 2.74. The predicted molar refractivity (Wildman–Crippen MR) is 91.1 cm³/mol. The van der Waals surface area contributed by atoms with Crippen LogP contribution in [0.4, 0.5) is 0 Å². The minimum Gasteiger partial charge on any atom is -0.393 e. The molecule has 1 aromatic carbocycles. The molecule has 118 valence electrons. The molecule has 1 aliphatic rings. The van der Waals surface area contributed by atoms with Gasteiger partial charge in [0.1, 0.15) is 5.65 Å². The number of fused-ring (bicyclic) bond motifs is 1. The van der Waals surface area contributed by atoms with E-state index in [1.165, 1.54) is 5.69 Å². The van der Waals surface area contributed by atoms with Crippen molar-refractivity contribution >= 4 is 5.65 Å². The number of pyridine rings is 1. The van der Waals surface area contributed by atoms with Gasteiger partial charge in [-0.3, -0.25) is 4.90 Å². The molecule has 4 heteroatoms. The quantitative estimate of drug-likeness (QED) is 0.809. The predicted octanol–water partition coefficient (Wildman–Crippen LogP) is 2.96. The van der Waals surface area contributed by atoms with Crippen molar-refractivity contribution in [2.45, 2.75) is 25.5 Å². The van der Waals surface area contributed by atoms with Gasteiger partial charge in [-0.05, 0) is 25.0 Å². The third kappa shape index (κ3) is 2.87. The number of imidazole rings is 1. The lowest BCUT2D eigenvalue weighted by atomic mass is 10.1. The molecule has 0 radical (unpaired) electrons. The van der Waals surface area contributed by atoms with Crippen LogP contribution in [0.1, 0.15) is 18.5 Å². The van der Waals surface area contributed by atoms with Gasteiger partial charge in [0.2, 0.25) is 0 Å². The lowest BCUT2D eigenvalue weighted by Gasteiger charge is -2.29. The topological polar surface area (TPSA) is 40.8 Å². The van der Waals surface area contributed by atoms with Crippen molar-refractivity contribution in [1.82, 2.24) is 14.3 Å². The fraction of sp³-hybridized carbons (Fsp3) is 0.316. The average Bonchev–Trinajstić information content (AvgIpc) is 2.96. The van der Waals surface area contributed by atoms with Gasteiger partial charge in [-0.2, -0.15) is 0 Å². The molecule has 1 saturated heterocycles. The zero-order chi connectivity index (χ0) is 15.6. The second kappa shape index (κ2) is 6.14. The molecular weight excluding hydrogens is 286 g/mol. The fourth-order valence-electron chi connectivity index (χ4n) is 3.31. The Hall–Kier alpha value is -2.17. The zero-order valence-corrected chi connectivity index (χ0v) is 13.1. The number of rotatable bonds is 3. The van der Waals surface area contributed by atoms with Crippen LogP contribution in [0, 0.1) is 0 Å². The van der Waals surface area contributed by atoms with Crippen LogP contribution in [-0.4, -0.2) is 38.6 Å². The van der Waals surface area contributed by atoms with Gasteiger partial charge in [-0.15, -0.1) is 0 Å². The van der Waals surface area contributed by atoms with E-state index in [4.69, 9.17) is 4.98 Å². The molecule has 0 amide bonds. The lowest BCUT2D eigenvalue weighted by molar-refractivity contribution is 0.0786. The van der Waals surface area contributed by atoms with E-state index in [1.54, 1.807) is 0 Å². The van der Waals surface area contributed by atoms with Crippen LogP contribution < -0.4 is 0 Å². The molecule has 3 aromatic rings. The Labute approximate surface area is 136 Å². The highest BCUT2D eigenvalue weighted by molar-refractivity contribution is 5.66. The van der Waals surface area contributed by atoms with Crippen LogP contribution in [0.15, 0.2) is 54.7 Å². The van der Waals surface area contributed by atoms with Gasteiger partial charge in [0, 0.05) is 31.4 Å². The molecule has 1 fully saturated rings. The van der Waals surface area contributed by atoms with E-state index in [2.05, 4.69) is 45.8 Å². The zero-order valence-electron chi connectivity index (χ0n) is 13.1. The highest BCUT2D eigenvalue weighted by atomic mass is 16.3. The Morgan fingerprint density at radius 1 is 1.00 bits per heavy atom. The minimum atomic E-state index is -0.137. The van der Waals surface area contributed by atoms with Crippen molar-refractivity contribution in [2.24, 2.45) is 0 Å². The normalized spacial score (nSPS) is 16.9. The van der Waals surface area contributed by atoms with Gasteiger partial charge < -0.3 is 9.51 Å².